The van der Waals surface area contributed by atoms with Gasteiger partial charge in [0, 0.05) is 16.2 Å². The molecule has 0 unspecified atom stereocenters. The van der Waals surface area contributed by atoms with Crippen molar-refractivity contribution >= 4 is 70.9 Å². The summed E-state index contributed by atoms with van der Waals surface area (Å²) < 4.78 is 0. The molecule has 0 aromatic heterocycles. The van der Waals surface area contributed by atoms with Crippen molar-refractivity contribution in [3.05, 3.63) is 248 Å². The second kappa shape index (κ2) is 15.6. The first-order chi connectivity index (χ1) is 31.7. The summed E-state index contributed by atoms with van der Waals surface area (Å²) in [4.78, 5) is 2.50. The highest BCUT2D eigenvalue weighted by Crippen LogP contribution is 2.50. The van der Waals surface area contributed by atoms with Gasteiger partial charge in [0.15, 0.2) is 0 Å². The molecule has 0 amide bonds. The molecule has 64 heavy (non-hydrogen) atoms. The third-order valence-corrected chi connectivity index (χ3v) is 13.1. The normalized spacial score (nSPS) is 11.5. The number of rotatable bonds is 7. The zero-order valence-electron chi connectivity index (χ0n) is 35.5. The van der Waals surface area contributed by atoms with Gasteiger partial charge in [0.1, 0.15) is 0 Å². The Balaban J connectivity index is 1.13. The van der Waals surface area contributed by atoms with Crippen LogP contribution in [0.4, 0.5) is 17.1 Å². The molecule has 0 fully saturated rings. The van der Waals surface area contributed by atoms with E-state index in [1.807, 2.05) is 0 Å². The van der Waals surface area contributed by atoms with Gasteiger partial charge >= 0.3 is 0 Å². The third-order valence-electron chi connectivity index (χ3n) is 13.1. The van der Waals surface area contributed by atoms with E-state index in [0.717, 1.165) is 17.1 Å². The van der Waals surface area contributed by atoms with Crippen LogP contribution < -0.4 is 4.90 Å². The monoisotopic (exact) mass is 813 g/mol. The fourth-order valence-electron chi connectivity index (χ4n) is 10.2. The Bertz CT molecular complexity index is 3610. The van der Waals surface area contributed by atoms with E-state index in [2.05, 4.69) is 254 Å². The zero-order chi connectivity index (χ0) is 42.6. The molecular weight excluding hydrogens is 771 g/mol. The number of hydrogen-bond acceptors (Lipinski definition) is 1. The van der Waals surface area contributed by atoms with Crippen LogP contribution in [0.1, 0.15) is 5.56 Å². The van der Waals surface area contributed by atoms with Crippen LogP contribution in [-0.4, -0.2) is 0 Å². The first-order valence-corrected chi connectivity index (χ1v) is 22.2. The summed E-state index contributed by atoms with van der Waals surface area (Å²) >= 11 is 0. The molecule has 12 rings (SSSR count). The average molecular weight is 814 g/mol. The topological polar surface area (TPSA) is 3.24 Å². The molecule has 0 aliphatic rings. The Kier molecular flexibility index (Phi) is 9.13. The average Bonchev–Trinajstić information content (AvgIpc) is 3.37. The van der Waals surface area contributed by atoms with E-state index in [9.17, 15) is 0 Å². The highest BCUT2D eigenvalue weighted by atomic mass is 15.1. The summed E-state index contributed by atoms with van der Waals surface area (Å²) in [6.07, 6.45) is 0. The number of anilines is 3. The maximum Gasteiger partial charge on any atom is 0.0540 e. The second-order valence-corrected chi connectivity index (χ2v) is 16.8. The van der Waals surface area contributed by atoms with Crippen LogP contribution in [0, 0.1) is 6.92 Å². The van der Waals surface area contributed by atoms with Gasteiger partial charge in [-0.2, -0.15) is 0 Å². The molecule has 0 saturated carbocycles. The number of nitrogens with zero attached hydrogens (tertiary/aromatic N) is 1. The zero-order valence-corrected chi connectivity index (χ0v) is 35.5. The number of hydrogen-bond donors (Lipinski definition) is 0. The fraction of sp³-hybridized carbons (Fsp3) is 0.0159. The van der Waals surface area contributed by atoms with E-state index >= 15 is 0 Å². The van der Waals surface area contributed by atoms with E-state index in [-0.39, 0.29) is 0 Å². The molecule has 12 aromatic carbocycles. The molecule has 1 nitrogen and oxygen atoms in total. The minimum absolute atomic E-state index is 1.14. The largest absolute Gasteiger partial charge is 0.309 e. The van der Waals surface area contributed by atoms with Crippen molar-refractivity contribution in [2.45, 2.75) is 6.92 Å². The van der Waals surface area contributed by atoms with Crippen molar-refractivity contribution in [2.24, 2.45) is 0 Å². The summed E-state index contributed by atoms with van der Waals surface area (Å²) in [6.45, 7) is 2.21. The minimum atomic E-state index is 1.14. The molecule has 0 bridgehead atoms. The van der Waals surface area contributed by atoms with Gasteiger partial charge in [0.2, 0.25) is 0 Å². The predicted molar refractivity (Wildman–Crippen MR) is 275 cm³/mol. The lowest BCUT2D eigenvalue weighted by Crippen LogP contribution is -2.12. The summed E-state index contributed by atoms with van der Waals surface area (Å²) in [5, 5.41) is 12.2. The van der Waals surface area contributed by atoms with Crippen molar-refractivity contribution in [1.82, 2.24) is 0 Å². The van der Waals surface area contributed by atoms with Crippen LogP contribution in [0.25, 0.3) is 98.4 Å². The van der Waals surface area contributed by atoms with Crippen molar-refractivity contribution in [2.75, 3.05) is 4.90 Å². The standard InChI is InChI=1S/C63H43N/c1-42-35-37-60(52-28-12-10-25-49(42)52)64(59-34-18-24-45-23-8-9-26-50(45)59)61-38-36-58(51-27-11-13-29-53(51)61)63-56-32-16-14-30-54(56)62(55-31-15-17-33-57(55)63)48-40-46(43-19-4-2-5-20-43)39-47(41-48)44-21-6-3-7-22-44/h2-41H,1H3. The van der Waals surface area contributed by atoms with Crippen LogP contribution in [-0.2, 0) is 0 Å². The fourth-order valence-corrected chi connectivity index (χ4v) is 10.2. The van der Waals surface area contributed by atoms with Gasteiger partial charge in [-0.3, -0.25) is 0 Å². The van der Waals surface area contributed by atoms with Gasteiger partial charge in [0.05, 0.1) is 17.1 Å². The van der Waals surface area contributed by atoms with Gasteiger partial charge in [0.25, 0.3) is 0 Å². The Morgan fingerprint density at radius 1 is 0.250 bits per heavy atom. The van der Waals surface area contributed by atoms with Crippen molar-refractivity contribution in [1.29, 1.82) is 0 Å². The predicted octanol–water partition coefficient (Wildman–Crippen LogP) is 17.9. The van der Waals surface area contributed by atoms with Crippen LogP contribution in [0.15, 0.2) is 243 Å². The van der Waals surface area contributed by atoms with Crippen LogP contribution in [0.2, 0.25) is 0 Å². The quantitative estimate of drug-likeness (QED) is 0.145. The lowest BCUT2D eigenvalue weighted by Gasteiger charge is -2.30. The SMILES string of the molecule is Cc1ccc(N(c2cccc3ccccc23)c2ccc(-c3c4ccccc4c(-c4cc(-c5ccccc5)cc(-c5ccccc5)c4)c4ccccc34)c3ccccc23)c2ccccc12. The molecule has 0 aliphatic heterocycles. The first kappa shape index (κ1) is 37.5. The molecule has 0 heterocycles. The molecule has 0 atom stereocenters. The van der Waals surface area contributed by atoms with Gasteiger partial charge in [-0.25, -0.2) is 0 Å². The molecule has 1 heteroatoms. The van der Waals surface area contributed by atoms with E-state index in [4.69, 9.17) is 0 Å². The van der Waals surface area contributed by atoms with Gasteiger partial charge in [-0.05, 0) is 131 Å². The van der Waals surface area contributed by atoms with Gasteiger partial charge in [-0.1, -0.05) is 206 Å². The van der Waals surface area contributed by atoms with Crippen LogP contribution in [0.5, 0.6) is 0 Å². The molecule has 0 radical (unpaired) electrons. The highest BCUT2D eigenvalue weighted by Gasteiger charge is 2.24. The summed E-state index contributed by atoms with van der Waals surface area (Å²) in [7, 11) is 0. The Morgan fingerprint density at radius 2 is 0.656 bits per heavy atom. The molecule has 300 valence electrons. The summed E-state index contributed by atoms with van der Waals surface area (Å²) in [5.41, 5.74) is 14.4. The lowest BCUT2D eigenvalue weighted by molar-refractivity contribution is 1.32. The lowest BCUT2D eigenvalue weighted by atomic mass is 9.83. The van der Waals surface area contributed by atoms with Crippen molar-refractivity contribution in [3.8, 4) is 44.5 Å². The first-order valence-electron chi connectivity index (χ1n) is 22.2. The van der Waals surface area contributed by atoms with Crippen molar-refractivity contribution < 1.29 is 0 Å². The van der Waals surface area contributed by atoms with E-state index < -0.39 is 0 Å². The maximum atomic E-state index is 2.50. The molecule has 0 N–H and O–H groups in total. The number of benzene rings is 12. The van der Waals surface area contributed by atoms with Gasteiger partial charge < -0.3 is 4.90 Å². The summed E-state index contributed by atoms with van der Waals surface area (Å²) in [5.74, 6) is 0. The smallest absolute Gasteiger partial charge is 0.0540 e. The van der Waals surface area contributed by atoms with Crippen molar-refractivity contribution in [3.63, 3.8) is 0 Å². The molecule has 12 aromatic rings. The van der Waals surface area contributed by atoms with Crippen LogP contribution >= 0.6 is 0 Å². The van der Waals surface area contributed by atoms with Gasteiger partial charge in [-0.15, -0.1) is 0 Å². The highest BCUT2D eigenvalue weighted by molar-refractivity contribution is 6.25. The summed E-state index contributed by atoms with van der Waals surface area (Å²) in [6, 6.07) is 89.3. The molecule has 0 spiro atoms. The van der Waals surface area contributed by atoms with Crippen LogP contribution in [0.3, 0.4) is 0 Å². The van der Waals surface area contributed by atoms with E-state index in [1.54, 1.807) is 0 Å². The molecule has 0 saturated heterocycles. The number of aryl methyl sites for hydroxylation is 1. The second-order valence-electron chi connectivity index (χ2n) is 16.8. The van der Waals surface area contributed by atoms with E-state index in [0.29, 0.717) is 0 Å². The maximum absolute atomic E-state index is 2.50. The Morgan fingerprint density at radius 3 is 1.25 bits per heavy atom. The Labute approximate surface area is 373 Å². The molecule has 0 aliphatic carbocycles. The minimum Gasteiger partial charge on any atom is -0.309 e. The Hall–Kier alpha value is -8.26. The molecular formula is C63H43N. The third kappa shape index (κ3) is 6.24. The van der Waals surface area contributed by atoms with E-state index in [1.165, 1.54) is 104 Å². The number of fused-ring (bicyclic) bond motifs is 5.